The zero-order valence-electron chi connectivity index (χ0n) is 17.5. The van der Waals surface area contributed by atoms with Gasteiger partial charge >= 0.3 is 0 Å². The van der Waals surface area contributed by atoms with Crippen LogP contribution < -0.4 is 4.90 Å². The van der Waals surface area contributed by atoms with Gasteiger partial charge in [0.1, 0.15) is 13.0 Å². The highest BCUT2D eigenvalue weighted by Gasteiger charge is 2.56. The lowest BCUT2D eigenvalue weighted by atomic mass is 10.1. The molecule has 13 heteroatoms. The molecule has 172 valence electrons. The van der Waals surface area contributed by atoms with Gasteiger partial charge in [-0.3, -0.25) is 3.97 Å². The molecule has 1 saturated carbocycles. The third-order valence-corrected chi connectivity index (χ3v) is 12.8. The minimum atomic E-state index is -3.30. The van der Waals surface area contributed by atoms with Crippen molar-refractivity contribution in [3.63, 3.8) is 0 Å². The topological polar surface area (TPSA) is 81.7 Å². The molecule has 3 aromatic heterocycles. The molecular weight excluding hydrogens is 695 g/mol. The number of ether oxygens (including phenoxy) is 1. The van der Waals surface area contributed by atoms with Crippen molar-refractivity contribution in [3.8, 4) is 11.1 Å². The number of anilines is 1. The van der Waals surface area contributed by atoms with E-state index >= 15 is 0 Å². The van der Waals surface area contributed by atoms with Crippen LogP contribution in [0.2, 0.25) is 0 Å². The molecule has 3 aromatic rings. The lowest BCUT2D eigenvalue weighted by molar-refractivity contribution is 0.0985. The first-order valence-corrected chi connectivity index (χ1v) is 20.3. The second-order valence-electron chi connectivity index (χ2n) is 8.22. The maximum atomic E-state index is 12.8. The fourth-order valence-corrected chi connectivity index (χ4v) is 10.5. The Balaban J connectivity index is 1.69. The Morgan fingerprint density at radius 2 is 2.12 bits per heavy atom. The molecule has 0 aromatic carbocycles. The fourth-order valence-electron chi connectivity index (χ4n) is 4.28. The molecule has 4 heterocycles. The normalized spacial score (nSPS) is 20.9. The van der Waals surface area contributed by atoms with Crippen molar-refractivity contribution in [1.82, 2.24) is 18.6 Å². The molecule has 1 aliphatic heterocycles. The van der Waals surface area contributed by atoms with Gasteiger partial charge in [-0.1, -0.05) is 0 Å². The van der Waals surface area contributed by atoms with Crippen LogP contribution >= 0.6 is 58.1 Å². The molecule has 1 saturated heterocycles. The van der Waals surface area contributed by atoms with E-state index < -0.39 is 14.6 Å². The molecule has 0 radical (unpaired) electrons. The predicted octanol–water partition coefficient (Wildman–Crippen LogP) is 5.05. The highest BCUT2D eigenvalue weighted by Crippen LogP contribution is 2.65. The third-order valence-electron chi connectivity index (χ3n) is 6.14. The summed E-state index contributed by atoms with van der Waals surface area (Å²) in [5.74, 6) is 0.789. The molecule has 0 unspecified atom stereocenters. The number of halogens is 2. The minimum absolute atomic E-state index is 0.162. The number of morpholine rings is 1. The van der Waals surface area contributed by atoms with Crippen LogP contribution in [0.15, 0.2) is 30.7 Å². The summed E-state index contributed by atoms with van der Waals surface area (Å²) in [7, 11) is -3.30. The van der Waals surface area contributed by atoms with Gasteiger partial charge in [0.2, 0.25) is 0 Å². The lowest BCUT2D eigenvalue weighted by Crippen LogP contribution is -2.44. The summed E-state index contributed by atoms with van der Waals surface area (Å²) >= 11 is 6.64. The van der Waals surface area contributed by atoms with E-state index in [0.29, 0.717) is 37.4 Å². The van der Waals surface area contributed by atoms with Crippen molar-refractivity contribution in [1.29, 1.82) is 0 Å². The molecule has 2 fully saturated rings. The maximum absolute atomic E-state index is 12.8. The Morgan fingerprint density at radius 1 is 1.34 bits per heavy atom. The molecule has 1 aliphatic carbocycles. The van der Waals surface area contributed by atoms with E-state index in [-0.39, 0.29) is 8.45 Å². The zero-order valence-corrected chi connectivity index (χ0v) is 24.3. The smallest absolute Gasteiger partial charge is 0.165 e. The summed E-state index contributed by atoms with van der Waals surface area (Å²) in [6, 6.07) is 4.15. The van der Waals surface area contributed by atoms with Crippen LogP contribution in [0.1, 0.15) is 25.5 Å². The second-order valence-corrected chi connectivity index (χ2v) is 28.4. The summed E-state index contributed by atoms with van der Waals surface area (Å²) in [4.78, 5) is 7.21. The molecule has 0 spiro atoms. The van der Waals surface area contributed by atoms with Crippen molar-refractivity contribution >= 4 is 79.4 Å². The zero-order chi connectivity index (χ0) is 22.7. The minimum Gasteiger partial charge on any atom is -0.377 e. The summed E-state index contributed by atoms with van der Waals surface area (Å²) in [5, 5.41) is 4.62. The average Bonchev–Trinajstić information content (AvgIpc) is 3.26. The van der Waals surface area contributed by atoms with E-state index in [9.17, 15) is 8.42 Å². The maximum Gasteiger partial charge on any atom is 0.165 e. The van der Waals surface area contributed by atoms with Crippen molar-refractivity contribution < 1.29 is 13.2 Å². The van der Waals surface area contributed by atoms with Gasteiger partial charge in [0.05, 0.1) is 31.1 Å². The van der Waals surface area contributed by atoms with Gasteiger partial charge in [0, 0.05) is 54.0 Å². The average molecular weight is 717 g/mol. The van der Waals surface area contributed by atoms with Crippen molar-refractivity contribution in [2.45, 2.75) is 30.6 Å². The van der Waals surface area contributed by atoms with Crippen LogP contribution in [0.25, 0.3) is 16.8 Å². The molecule has 0 N–H and O–H groups in total. The van der Waals surface area contributed by atoms with Gasteiger partial charge in [-0.05, 0) is 69.9 Å². The lowest BCUT2D eigenvalue weighted by Gasteiger charge is -2.34. The van der Waals surface area contributed by atoms with Gasteiger partial charge in [0.15, 0.2) is 15.5 Å². The Labute approximate surface area is 218 Å². The number of nitrogens with zero attached hydrogens (tertiary/aromatic N) is 5. The number of hydrogen-bond acceptors (Lipinski definition) is 7. The monoisotopic (exact) mass is 717 g/mol. The number of aromatic nitrogens is 4. The number of sulfone groups is 1. The van der Waals surface area contributed by atoms with Crippen molar-refractivity contribution in [2.75, 3.05) is 30.9 Å². The van der Waals surface area contributed by atoms with Crippen LogP contribution in [0.3, 0.4) is 0 Å². The molecule has 5 rings (SSSR count). The Bertz CT molecular complexity index is 1280. The van der Waals surface area contributed by atoms with Gasteiger partial charge in [-0.25, -0.2) is 17.9 Å². The molecular formula is C19H22I2N5O3PS2. The molecule has 1 atom stereocenters. The highest BCUT2D eigenvalue weighted by atomic mass is 127. The van der Waals surface area contributed by atoms with E-state index in [1.165, 1.54) is 6.26 Å². The van der Waals surface area contributed by atoms with Crippen molar-refractivity contribution in [3.05, 3.63) is 36.4 Å². The first kappa shape index (κ1) is 23.6. The number of rotatable bonds is 6. The van der Waals surface area contributed by atoms with E-state index in [1.54, 1.807) is 22.3 Å². The molecule has 0 bridgehead atoms. The molecule has 32 heavy (non-hydrogen) atoms. The van der Waals surface area contributed by atoms with Crippen LogP contribution in [0.4, 0.5) is 5.82 Å². The SMILES string of the molecule is C[C@@H]1COCCN1c1cc(C2(S(C)(=O)=O)CC2)n2ncc(-c3ccn(SP(I)I)c3)c2n1. The van der Waals surface area contributed by atoms with Gasteiger partial charge in [-0.15, -0.1) is 0 Å². The summed E-state index contributed by atoms with van der Waals surface area (Å²) in [6.45, 7) is 4.09. The third kappa shape index (κ3) is 4.21. The van der Waals surface area contributed by atoms with Crippen LogP contribution in [0.5, 0.6) is 0 Å². The Morgan fingerprint density at radius 3 is 2.78 bits per heavy atom. The second kappa shape index (κ2) is 8.81. The standard InChI is InChI=1S/C19H22I2N5O3PS2/c1-13-12-29-8-7-25(13)17-9-16(19(4-5-19)32(2,27)28)26-18(23-17)15(10-22-26)14-3-6-24(11-14)31-30(20)21/h3,6,9-11,13H,4-5,7-8,12H2,1-2H3/t13-/m1/s1. The van der Waals surface area contributed by atoms with Gasteiger partial charge < -0.3 is 9.64 Å². The summed E-state index contributed by atoms with van der Waals surface area (Å²) < 4.78 is 34.0. The van der Waals surface area contributed by atoms with Crippen LogP contribution in [0, 0.1) is 0 Å². The molecule has 0 amide bonds. The van der Waals surface area contributed by atoms with E-state index in [0.717, 1.165) is 23.5 Å². The Hall–Kier alpha value is -0.150. The largest absolute Gasteiger partial charge is 0.377 e. The molecule has 8 nitrogen and oxygen atoms in total. The first-order valence-electron chi connectivity index (χ1n) is 10.1. The van der Waals surface area contributed by atoms with Gasteiger partial charge in [0.25, 0.3) is 0 Å². The Kier molecular flexibility index (Phi) is 6.50. The predicted molar refractivity (Wildman–Crippen MR) is 148 cm³/mol. The van der Waals surface area contributed by atoms with E-state index in [1.807, 2.05) is 12.3 Å². The van der Waals surface area contributed by atoms with E-state index in [4.69, 9.17) is 9.72 Å². The van der Waals surface area contributed by atoms with E-state index in [2.05, 4.69) is 77.2 Å². The first-order chi connectivity index (χ1) is 15.2. The van der Waals surface area contributed by atoms with Crippen molar-refractivity contribution in [2.24, 2.45) is 0 Å². The number of hydrogen-bond donors (Lipinski definition) is 0. The van der Waals surface area contributed by atoms with Gasteiger partial charge in [-0.2, -0.15) is 5.10 Å². The summed E-state index contributed by atoms with van der Waals surface area (Å²) in [6.07, 6.45) is 8.49. The quantitative estimate of drug-likeness (QED) is 0.261. The van der Waals surface area contributed by atoms with Crippen LogP contribution in [-0.4, -0.2) is 59.0 Å². The molecule has 2 aliphatic rings. The fraction of sp³-hybridized carbons (Fsp3) is 0.474. The summed E-state index contributed by atoms with van der Waals surface area (Å²) in [5.41, 5.74) is 3.33. The highest BCUT2D eigenvalue weighted by molar-refractivity contribution is 14.3. The van der Waals surface area contributed by atoms with Crippen LogP contribution in [-0.2, 0) is 19.3 Å². The number of fused-ring (bicyclic) bond motifs is 1.